The number of rotatable bonds is 3. The van der Waals surface area contributed by atoms with Gasteiger partial charge in [-0.25, -0.2) is 0 Å². The molecule has 0 unspecified atom stereocenters. The van der Waals surface area contributed by atoms with E-state index < -0.39 is 0 Å². The lowest BCUT2D eigenvalue weighted by atomic mass is 10.2. The summed E-state index contributed by atoms with van der Waals surface area (Å²) in [6, 6.07) is 2.22. The van der Waals surface area contributed by atoms with Gasteiger partial charge < -0.3 is 5.73 Å². The highest BCUT2D eigenvalue weighted by Gasteiger charge is 2.02. The number of amidine groups is 1. The number of hydrogen-bond donors (Lipinski definition) is 2. The molecule has 4 heteroatoms. The molecule has 0 spiro atoms. The van der Waals surface area contributed by atoms with Crippen LogP contribution in [-0.2, 0) is 6.42 Å². The molecule has 3 N–H and O–H groups in total. The van der Waals surface area contributed by atoms with Crippen LogP contribution in [-0.4, -0.2) is 10.9 Å². The van der Waals surface area contributed by atoms with E-state index in [1.165, 1.54) is 27.1 Å². The minimum absolute atomic E-state index is 0.213. The third-order valence-corrected chi connectivity index (χ3v) is 3.50. The van der Waals surface area contributed by atoms with Crippen molar-refractivity contribution in [2.75, 3.05) is 5.75 Å². The molecule has 1 rings (SSSR count). The molecule has 0 atom stereocenters. The lowest BCUT2D eigenvalue weighted by Gasteiger charge is -1.98. The van der Waals surface area contributed by atoms with Crippen molar-refractivity contribution in [3.05, 3.63) is 21.4 Å². The highest BCUT2D eigenvalue weighted by atomic mass is 32.2. The van der Waals surface area contributed by atoms with Gasteiger partial charge in [-0.05, 0) is 31.9 Å². The van der Waals surface area contributed by atoms with E-state index >= 15 is 0 Å². The van der Waals surface area contributed by atoms with Crippen LogP contribution in [0.4, 0.5) is 0 Å². The highest BCUT2D eigenvalue weighted by molar-refractivity contribution is 8.13. The molecule has 0 amide bonds. The van der Waals surface area contributed by atoms with Crippen LogP contribution >= 0.6 is 23.1 Å². The molecule has 72 valence electrons. The SMILES string of the molecule is Cc1cc(CCSC(=N)N)c(C)s1. The van der Waals surface area contributed by atoms with Gasteiger partial charge in [-0.15, -0.1) is 11.3 Å². The number of thiophene rings is 1. The predicted octanol–water partition coefficient (Wildman–Crippen LogP) is 2.53. The topological polar surface area (TPSA) is 49.9 Å². The summed E-state index contributed by atoms with van der Waals surface area (Å²) in [5.74, 6) is 0.909. The van der Waals surface area contributed by atoms with E-state index in [9.17, 15) is 0 Å². The van der Waals surface area contributed by atoms with E-state index in [1.54, 1.807) is 0 Å². The van der Waals surface area contributed by atoms with E-state index in [4.69, 9.17) is 11.1 Å². The van der Waals surface area contributed by atoms with Crippen LogP contribution in [0.25, 0.3) is 0 Å². The molecule has 2 nitrogen and oxygen atoms in total. The normalized spacial score (nSPS) is 10.3. The number of thioether (sulfide) groups is 1. The quantitative estimate of drug-likeness (QED) is 0.600. The minimum atomic E-state index is 0.213. The van der Waals surface area contributed by atoms with Crippen molar-refractivity contribution in [2.45, 2.75) is 20.3 Å². The first-order valence-corrected chi connectivity index (χ1v) is 5.92. The Kier molecular flexibility index (Phi) is 3.81. The smallest absolute Gasteiger partial charge is 0.151 e. The Morgan fingerprint density at radius 1 is 1.62 bits per heavy atom. The second kappa shape index (κ2) is 4.67. The van der Waals surface area contributed by atoms with Gasteiger partial charge in [0.25, 0.3) is 0 Å². The molecule has 1 heterocycles. The van der Waals surface area contributed by atoms with Crippen LogP contribution in [0.3, 0.4) is 0 Å². The van der Waals surface area contributed by atoms with Crippen molar-refractivity contribution >= 4 is 28.3 Å². The summed E-state index contributed by atoms with van der Waals surface area (Å²) < 4.78 is 0. The number of aryl methyl sites for hydroxylation is 3. The van der Waals surface area contributed by atoms with Crippen molar-refractivity contribution < 1.29 is 0 Å². The van der Waals surface area contributed by atoms with Gasteiger partial charge >= 0.3 is 0 Å². The molecule has 0 saturated carbocycles. The van der Waals surface area contributed by atoms with Crippen LogP contribution in [0.1, 0.15) is 15.3 Å². The first-order valence-electron chi connectivity index (χ1n) is 4.12. The van der Waals surface area contributed by atoms with E-state index in [0.717, 1.165) is 12.2 Å². The van der Waals surface area contributed by atoms with Gasteiger partial charge in [-0.1, -0.05) is 11.8 Å². The fraction of sp³-hybridized carbons (Fsp3) is 0.444. The molecule has 0 aliphatic rings. The second-order valence-electron chi connectivity index (χ2n) is 2.90. The zero-order valence-corrected chi connectivity index (χ0v) is 9.52. The lowest BCUT2D eigenvalue weighted by Crippen LogP contribution is -2.05. The van der Waals surface area contributed by atoms with Crippen molar-refractivity contribution in [1.82, 2.24) is 0 Å². The monoisotopic (exact) mass is 214 g/mol. The number of nitrogens with one attached hydrogen (secondary N) is 1. The summed E-state index contributed by atoms with van der Waals surface area (Å²) >= 11 is 3.24. The molecule has 0 radical (unpaired) electrons. The average Bonchev–Trinajstić information content (AvgIpc) is 2.29. The minimum Gasteiger partial charge on any atom is -0.379 e. The number of nitrogens with two attached hydrogens (primary N) is 1. The zero-order chi connectivity index (χ0) is 9.84. The summed E-state index contributed by atoms with van der Waals surface area (Å²) in [7, 11) is 0. The Labute approximate surface area is 87.0 Å². The fourth-order valence-corrected chi connectivity index (χ4v) is 2.72. The first-order chi connectivity index (χ1) is 6.09. The summed E-state index contributed by atoms with van der Waals surface area (Å²) in [5.41, 5.74) is 6.65. The van der Waals surface area contributed by atoms with Crippen LogP contribution in [0, 0.1) is 19.3 Å². The van der Waals surface area contributed by atoms with Gasteiger partial charge in [0.15, 0.2) is 5.17 Å². The predicted molar refractivity (Wildman–Crippen MR) is 61.9 cm³/mol. The van der Waals surface area contributed by atoms with E-state index in [2.05, 4.69) is 19.9 Å². The molecule has 0 saturated heterocycles. The third kappa shape index (κ3) is 3.40. The molecule has 0 fully saturated rings. The largest absolute Gasteiger partial charge is 0.379 e. The Morgan fingerprint density at radius 3 is 2.77 bits per heavy atom. The molecular weight excluding hydrogens is 200 g/mol. The van der Waals surface area contributed by atoms with Gasteiger partial charge in [0.1, 0.15) is 0 Å². The summed E-state index contributed by atoms with van der Waals surface area (Å²) in [5, 5.41) is 7.27. The fourth-order valence-electron chi connectivity index (χ4n) is 1.20. The molecule has 0 aliphatic carbocycles. The van der Waals surface area contributed by atoms with E-state index in [0.29, 0.717) is 0 Å². The maximum atomic E-state index is 7.06. The molecule has 13 heavy (non-hydrogen) atoms. The van der Waals surface area contributed by atoms with Crippen LogP contribution in [0.2, 0.25) is 0 Å². The Bertz CT molecular complexity index is 305. The van der Waals surface area contributed by atoms with E-state index in [-0.39, 0.29) is 5.17 Å². The Balaban J connectivity index is 2.45. The number of hydrogen-bond acceptors (Lipinski definition) is 3. The lowest BCUT2D eigenvalue weighted by molar-refractivity contribution is 1.15. The molecule has 1 aromatic heterocycles. The van der Waals surface area contributed by atoms with Crippen molar-refractivity contribution in [3.8, 4) is 0 Å². The van der Waals surface area contributed by atoms with Crippen molar-refractivity contribution in [1.29, 1.82) is 5.41 Å². The first kappa shape index (κ1) is 10.6. The second-order valence-corrected chi connectivity index (χ2v) is 5.50. The average molecular weight is 214 g/mol. The molecule has 0 bridgehead atoms. The van der Waals surface area contributed by atoms with Crippen molar-refractivity contribution in [2.24, 2.45) is 5.73 Å². The Morgan fingerprint density at radius 2 is 2.31 bits per heavy atom. The maximum Gasteiger partial charge on any atom is 0.151 e. The van der Waals surface area contributed by atoms with Gasteiger partial charge in [-0.2, -0.15) is 0 Å². The summed E-state index contributed by atoms with van der Waals surface area (Å²) in [6.07, 6.45) is 1.01. The summed E-state index contributed by atoms with van der Waals surface area (Å²) in [4.78, 5) is 2.75. The molecule has 1 aromatic rings. The molecule has 0 aliphatic heterocycles. The van der Waals surface area contributed by atoms with E-state index in [1.807, 2.05) is 11.3 Å². The van der Waals surface area contributed by atoms with Gasteiger partial charge in [0.05, 0.1) is 0 Å². The molecule has 0 aromatic carbocycles. The highest BCUT2D eigenvalue weighted by Crippen LogP contribution is 2.21. The van der Waals surface area contributed by atoms with Crippen LogP contribution < -0.4 is 5.73 Å². The van der Waals surface area contributed by atoms with Gasteiger partial charge in [0, 0.05) is 15.5 Å². The third-order valence-electron chi connectivity index (χ3n) is 1.77. The Hall–Kier alpha value is -0.480. The zero-order valence-electron chi connectivity index (χ0n) is 7.89. The van der Waals surface area contributed by atoms with Crippen molar-refractivity contribution in [3.63, 3.8) is 0 Å². The molecular formula is C9H14N2S2. The summed E-state index contributed by atoms with van der Waals surface area (Å²) in [6.45, 7) is 4.27. The van der Waals surface area contributed by atoms with Gasteiger partial charge in [-0.3, -0.25) is 5.41 Å². The standard InChI is InChI=1S/C9H14N2S2/c1-6-5-8(7(2)13-6)3-4-12-9(10)11/h5H,3-4H2,1-2H3,(H3,10,11). The maximum absolute atomic E-state index is 7.06. The van der Waals surface area contributed by atoms with Gasteiger partial charge in [0.2, 0.25) is 0 Å². The van der Waals surface area contributed by atoms with Crippen LogP contribution in [0.15, 0.2) is 6.07 Å². The van der Waals surface area contributed by atoms with Crippen LogP contribution in [0.5, 0.6) is 0 Å².